The third-order valence-corrected chi connectivity index (χ3v) is 4.22. The maximum atomic E-state index is 12.0. The predicted octanol–water partition coefficient (Wildman–Crippen LogP) is 2.63. The Morgan fingerprint density at radius 1 is 1.30 bits per heavy atom. The number of rotatable bonds is 8. The molecule has 0 spiro atoms. The molecule has 0 aromatic carbocycles. The molecule has 1 aliphatic carbocycles. The lowest BCUT2D eigenvalue weighted by Crippen LogP contribution is -2.34. The molecule has 4 N–H and O–H groups in total. The second-order valence-electron chi connectivity index (χ2n) is 5.85. The third-order valence-electron chi connectivity index (χ3n) is 4.22. The summed E-state index contributed by atoms with van der Waals surface area (Å²) in [5.41, 5.74) is 5.38. The van der Waals surface area contributed by atoms with E-state index in [0.29, 0.717) is 19.4 Å². The Morgan fingerprint density at radius 3 is 2.60 bits per heavy atom. The second kappa shape index (κ2) is 9.61. The molecule has 0 saturated heterocycles. The fourth-order valence-electron chi connectivity index (χ4n) is 2.88. The van der Waals surface area contributed by atoms with Crippen molar-refractivity contribution in [1.82, 2.24) is 5.32 Å². The number of hydrogen-bond donors (Lipinski definition) is 3. The Labute approximate surface area is 122 Å². The van der Waals surface area contributed by atoms with Crippen LogP contribution in [0.4, 0.5) is 0 Å². The van der Waals surface area contributed by atoms with Gasteiger partial charge in [-0.2, -0.15) is 0 Å². The molecule has 0 bridgehead atoms. The minimum absolute atomic E-state index is 0.179. The maximum Gasteiger partial charge on any atom is 0.223 e. The van der Waals surface area contributed by atoms with Gasteiger partial charge in [-0.15, -0.1) is 0 Å². The average molecular weight is 283 g/mol. The molecule has 0 radical (unpaired) electrons. The van der Waals surface area contributed by atoms with Crippen molar-refractivity contribution in [3.63, 3.8) is 0 Å². The average Bonchev–Trinajstić information content (AvgIpc) is 2.49. The first-order chi connectivity index (χ1) is 9.67. The van der Waals surface area contributed by atoms with Gasteiger partial charge in [0.05, 0.1) is 0 Å². The van der Waals surface area contributed by atoms with Crippen LogP contribution in [0.1, 0.15) is 64.7 Å². The zero-order valence-electron chi connectivity index (χ0n) is 12.6. The van der Waals surface area contributed by atoms with Crippen molar-refractivity contribution < 1.29 is 10.0 Å². The van der Waals surface area contributed by atoms with Gasteiger partial charge in [-0.05, 0) is 38.0 Å². The van der Waals surface area contributed by atoms with Gasteiger partial charge < -0.3 is 16.3 Å². The maximum absolute atomic E-state index is 12.0. The van der Waals surface area contributed by atoms with Crippen LogP contribution in [-0.4, -0.2) is 23.5 Å². The molecule has 1 amide bonds. The molecule has 0 aliphatic heterocycles. The molecule has 0 heterocycles. The fourth-order valence-corrected chi connectivity index (χ4v) is 2.88. The number of oxime groups is 1. The Balaban J connectivity index is 2.13. The van der Waals surface area contributed by atoms with E-state index in [-0.39, 0.29) is 17.7 Å². The molecule has 1 fully saturated rings. The Kier molecular flexibility index (Phi) is 8.07. The van der Waals surface area contributed by atoms with Crippen molar-refractivity contribution in [2.24, 2.45) is 22.7 Å². The number of hydrogen-bond acceptors (Lipinski definition) is 3. The van der Waals surface area contributed by atoms with Crippen molar-refractivity contribution in [2.45, 2.75) is 64.7 Å². The van der Waals surface area contributed by atoms with Crippen molar-refractivity contribution in [2.75, 3.05) is 6.54 Å². The Hall–Kier alpha value is -1.26. The quantitative estimate of drug-likeness (QED) is 0.210. The zero-order chi connectivity index (χ0) is 14.8. The number of unbranched alkanes of at least 4 members (excludes halogenated alkanes) is 1. The van der Waals surface area contributed by atoms with Crippen LogP contribution in [0.15, 0.2) is 5.16 Å². The van der Waals surface area contributed by atoms with E-state index >= 15 is 0 Å². The lowest BCUT2D eigenvalue weighted by atomic mass is 9.79. The minimum atomic E-state index is 0.179. The van der Waals surface area contributed by atoms with Crippen molar-refractivity contribution in [3.05, 3.63) is 0 Å². The summed E-state index contributed by atoms with van der Waals surface area (Å²) in [4.78, 5) is 12.0. The zero-order valence-corrected chi connectivity index (χ0v) is 12.6. The standard InChI is InChI=1S/C15H29N3O2/c1-2-3-5-12-7-9-13(10-8-12)15(19)17-11-4-6-14(16)18-20/h12-13,20H,2-11H2,1H3,(H2,16,18)(H,17,19). The smallest absolute Gasteiger partial charge is 0.223 e. The van der Waals surface area contributed by atoms with Crippen LogP contribution in [0.3, 0.4) is 0 Å². The van der Waals surface area contributed by atoms with Crippen molar-refractivity contribution in [1.29, 1.82) is 0 Å². The van der Waals surface area contributed by atoms with Gasteiger partial charge in [-0.3, -0.25) is 4.79 Å². The van der Waals surface area contributed by atoms with Gasteiger partial charge >= 0.3 is 0 Å². The molecule has 20 heavy (non-hydrogen) atoms. The number of carbonyl (C=O) groups excluding carboxylic acids is 1. The third kappa shape index (κ3) is 6.26. The highest BCUT2D eigenvalue weighted by atomic mass is 16.4. The van der Waals surface area contributed by atoms with E-state index in [9.17, 15) is 4.79 Å². The molecule has 5 heteroatoms. The van der Waals surface area contributed by atoms with Gasteiger partial charge in [0.25, 0.3) is 0 Å². The van der Waals surface area contributed by atoms with Gasteiger partial charge in [-0.1, -0.05) is 31.3 Å². The number of amidine groups is 1. The summed E-state index contributed by atoms with van der Waals surface area (Å²) < 4.78 is 0. The number of nitrogens with one attached hydrogen (secondary N) is 1. The summed E-state index contributed by atoms with van der Waals surface area (Å²) in [7, 11) is 0. The van der Waals surface area contributed by atoms with Gasteiger partial charge in [0.1, 0.15) is 5.84 Å². The summed E-state index contributed by atoms with van der Waals surface area (Å²) in [5.74, 6) is 1.42. The highest BCUT2D eigenvalue weighted by molar-refractivity contribution is 5.80. The van der Waals surface area contributed by atoms with Crippen LogP contribution in [0.25, 0.3) is 0 Å². The number of nitrogens with zero attached hydrogens (tertiary/aromatic N) is 1. The normalized spacial score (nSPS) is 23.6. The molecule has 0 aromatic rings. The first-order valence-corrected chi connectivity index (χ1v) is 7.91. The van der Waals surface area contributed by atoms with E-state index in [1.165, 1.54) is 32.1 Å². The van der Waals surface area contributed by atoms with E-state index in [1.54, 1.807) is 0 Å². The molecule has 0 atom stereocenters. The van der Waals surface area contributed by atoms with Gasteiger partial charge in [0, 0.05) is 18.9 Å². The Morgan fingerprint density at radius 2 is 2.00 bits per heavy atom. The summed E-state index contributed by atoms with van der Waals surface area (Å²) in [5, 5.41) is 14.3. The van der Waals surface area contributed by atoms with Crippen LogP contribution in [0.5, 0.6) is 0 Å². The predicted molar refractivity (Wildman–Crippen MR) is 80.6 cm³/mol. The van der Waals surface area contributed by atoms with E-state index in [2.05, 4.69) is 17.4 Å². The number of carbonyl (C=O) groups is 1. The van der Waals surface area contributed by atoms with Crippen LogP contribution in [0, 0.1) is 11.8 Å². The fraction of sp³-hybridized carbons (Fsp3) is 0.867. The highest BCUT2D eigenvalue weighted by Gasteiger charge is 2.25. The highest BCUT2D eigenvalue weighted by Crippen LogP contribution is 2.31. The summed E-state index contributed by atoms with van der Waals surface area (Å²) in [6, 6.07) is 0. The van der Waals surface area contributed by atoms with Crippen LogP contribution in [0.2, 0.25) is 0 Å². The van der Waals surface area contributed by atoms with Crippen LogP contribution >= 0.6 is 0 Å². The van der Waals surface area contributed by atoms with E-state index in [4.69, 9.17) is 10.9 Å². The molecule has 0 aromatic heterocycles. The molecular weight excluding hydrogens is 254 g/mol. The van der Waals surface area contributed by atoms with Crippen molar-refractivity contribution in [3.8, 4) is 0 Å². The topological polar surface area (TPSA) is 87.7 Å². The van der Waals surface area contributed by atoms with E-state index < -0.39 is 0 Å². The van der Waals surface area contributed by atoms with E-state index in [0.717, 1.165) is 18.8 Å². The van der Waals surface area contributed by atoms with Gasteiger partial charge in [0.15, 0.2) is 0 Å². The lowest BCUT2D eigenvalue weighted by molar-refractivity contribution is -0.126. The first-order valence-electron chi connectivity index (χ1n) is 7.91. The number of nitrogens with two attached hydrogens (primary N) is 1. The Bertz CT molecular complexity index is 310. The largest absolute Gasteiger partial charge is 0.409 e. The summed E-state index contributed by atoms with van der Waals surface area (Å²) in [6.07, 6.45) is 9.58. The summed E-state index contributed by atoms with van der Waals surface area (Å²) in [6.45, 7) is 2.83. The molecular formula is C15H29N3O2. The molecule has 116 valence electrons. The molecule has 5 nitrogen and oxygen atoms in total. The SMILES string of the molecule is CCCCC1CCC(C(=O)NCCCC(N)=NO)CC1. The first kappa shape index (κ1) is 16.8. The van der Waals surface area contributed by atoms with Crippen LogP contribution in [-0.2, 0) is 4.79 Å². The van der Waals surface area contributed by atoms with Crippen LogP contribution < -0.4 is 11.1 Å². The summed E-state index contributed by atoms with van der Waals surface area (Å²) >= 11 is 0. The van der Waals surface area contributed by atoms with Gasteiger partial charge in [-0.25, -0.2) is 0 Å². The molecule has 1 aliphatic rings. The monoisotopic (exact) mass is 283 g/mol. The minimum Gasteiger partial charge on any atom is -0.409 e. The van der Waals surface area contributed by atoms with E-state index in [1.807, 2.05) is 0 Å². The molecule has 1 saturated carbocycles. The lowest BCUT2D eigenvalue weighted by Gasteiger charge is -2.27. The molecule has 0 unspecified atom stereocenters. The number of amides is 1. The second-order valence-corrected chi connectivity index (χ2v) is 5.85. The molecule has 1 rings (SSSR count). The van der Waals surface area contributed by atoms with Crippen molar-refractivity contribution >= 4 is 11.7 Å². The van der Waals surface area contributed by atoms with Gasteiger partial charge in [0.2, 0.25) is 5.91 Å².